The van der Waals surface area contributed by atoms with Crippen molar-refractivity contribution in [3.05, 3.63) is 35.4 Å². The van der Waals surface area contributed by atoms with Crippen LogP contribution in [0.4, 0.5) is 4.79 Å². The second-order valence-electron chi connectivity index (χ2n) is 9.25. The highest BCUT2D eigenvalue weighted by Gasteiger charge is 2.50. The van der Waals surface area contributed by atoms with E-state index in [2.05, 4.69) is 43.0 Å². The number of carbonyl (C=O) groups is 1. The molecule has 2 saturated heterocycles. The molecule has 0 aromatic heterocycles. The average Bonchev–Trinajstić information content (AvgIpc) is 2.94. The SMILES string of the molecule is CN(CCN1CCCCC1)C(=O)N1CCC2(CC1)OC(C)(C)c1ccccc12. The van der Waals surface area contributed by atoms with Crippen LogP contribution in [0.1, 0.15) is 57.1 Å². The van der Waals surface area contributed by atoms with Gasteiger partial charge in [-0.05, 0) is 63.7 Å². The minimum atomic E-state index is -0.256. The van der Waals surface area contributed by atoms with Crippen molar-refractivity contribution in [3.8, 4) is 0 Å². The van der Waals surface area contributed by atoms with Crippen LogP contribution >= 0.6 is 0 Å². The van der Waals surface area contributed by atoms with E-state index >= 15 is 0 Å². The van der Waals surface area contributed by atoms with Crippen LogP contribution in [-0.4, -0.2) is 67.0 Å². The lowest BCUT2D eigenvalue weighted by atomic mass is 9.82. The summed E-state index contributed by atoms with van der Waals surface area (Å²) >= 11 is 0. The Bertz CT molecular complexity index is 704. The van der Waals surface area contributed by atoms with Gasteiger partial charge in [-0.3, -0.25) is 0 Å². The van der Waals surface area contributed by atoms with E-state index in [1.54, 1.807) is 0 Å². The zero-order valence-electron chi connectivity index (χ0n) is 17.7. The van der Waals surface area contributed by atoms with Crippen LogP contribution < -0.4 is 0 Å². The molecular formula is C23H35N3O2. The number of urea groups is 1. The molecule has 1 aromatic rings. The van der Waals surface area contributed by atoms with Gasteiger partial charge in [-0.2, -0.15) is 0 Å². The van der Waals surface area contributed by atoms with Gasteiger partial charge >= 0.3 is 6.03 Å². The third kappa shape index (κ3) is 3.67. The van der Waals surface area contributed by atoms with E-state index in [1.165, 1.54) is 43.5 Å². The number of benzene rings is 1. The van der Waals surface area contributed by atoms with Crippen LogP contribution in [0.3, 0.4) is 0 Å². The fourth-order valence-electron chi connectivity index (χ4n) is 5.25. The van der Waals surface area contributed by atoms with Gasteiger partial charge in [0, 0.05) is 33.2 Å². The molecule has 5 nitrogen and oxygen atoms in total. The van der Waals surface area contributed by atoms with Gasteiger partial charge in [0.15, 0.2) is 0 Å². The number of likely N-dealkylation sites (N-methyl/N-ethyl adjacent to an activating group) is 1. The summed E-state index contributed by atoms with van der Waals surface area (Å²) < 4.78 is 6.60. The number of hydrogen-bond donors (Lipinski definition) is 0. The predicted molar refractivity (Wildman–Crippen MR) is 111 cm³/mol. The molecule has 3 aliphatic heterocycles. The van der Waals surface area contributed by atoms with Crippen molar-refractivity contribution in [3.63, 3.8) is 0 Å². The Morgan fingerprint density at radius 2 is 1.68 bits per heavy atom. The van der Waals surface area contributed by atoms with E-state index < -0.39 is 0 Å². The van der Waals surface area contributed by atoms with Crippen LogP contribution in [-0.2, 0) is 15.9 Å². The van der Waals surface area contributed by atoms with E-state index in [-0.39, 0.29) is 17.2 Å². The molecule has 1 aromatic carbocycles. The van der Waals surface area contributed by atoms with E-state index in [9.17, 15) is 4.79 Å². The second kappa shape index (κ2) is 7.68. The van der Waals surface area contributed by atoms with Crippen LogP contribution in [0, 0.1) is 0 Å². The van der Waals surface area contributed by atoms with Crippen molar-refractivity contribution in [1.29, 1.82) is 0 Å². The molecule has 3 aliphatic rings. The van der Waals surface area contributed by atoms with Crippen molar-refractivity contribution in [2.45, 2.75) is 57.2 Å². The summed E-state index contributed by atoms with van der Waals surface area (Å²) in [4.78, 5) is 19.3. The van der Waals surface area contributed by atoms with Crippen LogP contribution in [0.5, 0.6) is 0 Å². The molecule has 3 heterocycles. The lowest BCUT2D eigenvalue weighted by molar-refractivity contribution is -0.147. The Hall–Kier alpha value is -1.59. The quantitative estimate of drug-likeness (QED) is 0.794. The maximum atomic E-state index is 12.9. The highest BCUT2D eigenvalue weighted by Crippen LogP contribution is 2.51. The number of carbonyl (C=O) groups excluding carboxylic acids is 1. The van der Waals surface area contributed by atoms with Crippen LogP contribution in [0.25, 0.3) is 0 Å². The highest BCUT2D eigenvalue weighted by atomic mass is 16.5. The van der Waals surface area contributed by atoms with Gasteiger partial charge in [0.2, 0.25) is 0 Å². The largest absolute Gasteiger partial charge is 0.360 e. The molecule has 0 N–H and O–H groups in total. The van der Waals surface area contributed by atoms with Crippen molar-refractivity contribution < 1.29 is 9.53 Å². The van der Waals surface area contributed by atoms with Gasteiger partial charge in [0.25, 0.3) is 0 Å². The first-order valence-corrected chi connectivity index (χ1v) is 10.9. The minimum absolute atomic E-state index is 0.164. The van der Waals surface area contributed by atoms with E-state index in [0.717, 1.165) is 39.0 Å². The molecule has 2 fully saturated rings. The van der Waals surface area contributed by atoms with Crippen molar-refractivity contribution in [1.82, 2.24) is 14.7 Å². The normalized spacial score (nSPS) is 23.6. The first-order valence-electron chi connectivity index (χ1n) is 10.9. The number of ether oxygens (including phenoxy) is 1. The first-order chi connectivity index (χ1) is 13.4. The number of nitrogens with zero attached hydrogens (tertiary/aromatic N) is 3. The standard InChI is InChI=1S/C23H35N3O2/c1-22(2)19-9-5-6-10-20(19)23(28-22)11-15-26(16-12-23)21(27)24(3)17-18-25-13-7-4-8-14-25/h5-6,9-10H,4,7-8,11-18H2,1-3H3. The maximum absolute atomic E-state index is 12.9. The summed E-state index contributed by atoms with van der Waals surface area (Å²) in [6, 6.07) is 8.77. The van der Waals surface area contributed by atoms with Crippen LogP contribution in [0.2, 0.25) is 0 Å². The first kappa shape index (κ1) is 19.7. The van der Waals surface area contributed by atoms with Crippen molar-refractivity contribution in [2.75, 3.05) is 46.3 Å². The summed E-state index contributed by atoms with van der Waals surface area (Å²) in [5.41, 5.74) is 2.14. The molecule has 5 heteroatoms. The highest BCUT2D eigenvalue weighted by molar-refractivity contribution is 5.74. The van der Waals surface area contributed by atoms with Gasteiger partial charge in [0.1, 0.15) is 0 Å². The molecule has 4 rings (SSSR count). The Kier molecular flexibility index (Phi) is 5.41. The minimum Gasteiger partial charge on any atom is -0.360 e. The molecule has 1 spiro atoms. The van der Waals surface area contributed by atoms with Crippen LogP contribution in [0.15, 0.2) is 24.3 Å². The fourth-order valence-corrected chi connectivity index (χ4v) is 5.25. The van der Waals surface area contributed by atoms with Gasteiger partial charge in [0.05, 0.1) is 11.2 Å². The Balaban J connectivity index is 1.34. The third-order valence-corrected chi connectivity index (χ3v) is 6.89. The number of piperidine rings is 2. The summed E-state index contributed by atoms with van der Waals surface area (Å²) in [6.45, 7) is 10.0. The zero-order chi connectivity index (χ0) is 19.8. The number of amides is 2. The third-order valence-electron chi connectivity index (χ3n) is 6.89. The maximum Gasteiger partial charge on any atom is 0.319 e. The molecule has 28 heavy (non-hydrogen) atoms. The monoisotopic (exact) mass is 385 g/mol. The molecule has 0 saturated carbocycles. The van der Waals surface area contributed by atoms with E-state index in [4.69, 9.17) is 4.74 Å². The van der Waals surface area contributed by atoms with E-state index in [0.29, 0.717) is 0 Å². The smallest absolute Gasteiger partial charge is 0.319 e. The summed E-state index contributed by atoms with van der Waals surface area (Å²) in [5, 5.41) is 0. The lowest BCUT2D eigenvalue weighted by Crippen LogP contribution is -2.50. The van der Waals surface area contributed by atoms with Gasteiger partial charge in [-0.25, -0.2) is 4.79 Å². The van der Waals surface area contributed by atoms with Gasteiger partial charge < -0.3 is 19.4 Å². The second-order valence-corrected chi connectivity index (χ2v) is 9.25. The summed E-state index contributed by atoms with van der Waals surface area (Å²) in [5.74, 6) is 0. The predicted octanol–water partition coefficient (Wildman–Crippen LogP) is 3.78. The lowest BCUT2D eigenvalue weighted by Gasteiger charge is -2.41. The molecular weight excluding hydrogens is 350 g/mol. The number of hydrogen-bond acceptors (Lipinski definition) is 3. The molecule has 0 aliphatic carbocycles. The van der Waals surface area contributed by atoms with E-state index in [1.807, 2.05) is 16.8 Å². The average molecular weight is 386 g/mol. The fraction of sp³-hybridized carbons (Fsp3) is 0.696. The summed E-state index contributed by atoms with van der Waals surface area (Å²) in [7, 11) is 1.95. The zero-order valence-corrected chi connectivity index (χ0v) is 17.7. The molecule has 0 atom stereocenters. The molecule has 2 amide bonds. The topological polar surface area (TPSA) is 36.0 Å². The molecule has 0 bridgehead atoms. The Morgan fingerprint density at radius 3 is 2.36 bits per heavy atom. The number of likely N-dealkylation sites (tertiary alicyclic amines) is 2. The number of rotatable bonds is 3. The molecule has 0 radical (unpaired) electrons. The Morgan fingerprint density at radius 1 is 1.04 bits per heavy atom. The van der Waals surface area contributed by atoms with Gasteiger partial charge in [-0.1, -0.05) is 30.7 Å². The molecule has 154 valence electrons. The van der Waals surface area contributed by atoms with Crippen molar-refractivity contribution in [2.24, 2.45) is 0 Å². The Labute approximate surface area is 169 Å². The number of fused-ring (bicyclic) bond motifs is 2. The molecule has 0 unspecified atom stereocenters. The van der Waals surface area contributed by atoms with Crippen molar-refractivity contribution >= 4 is 6.03 Å². The summed E-state index contributed by atoms with van der Waals surface area (Å²) in [6.07, 6.45) is 5.69. The van der Waals surface area contributed by atoms with Gasteiger partial charge in [-0.15, -0.1) is 0 Å².